The highest BCUT2D eigenvalue weighted by Crippen LogP contribution is 2.20. The maximum Gasteiger partial charge on any atom is 0.0244 e. The first-order valence-electron chi connectivity index (χ1n) is 7.86. The van der Waals surface area contributed by atoms with Crippen LogP contribution in [0.1, 0.15) is 47.5 Å². The molecule has 1 heterocycles. The summed E-state index contributed by atoms with van der Waals surface area (Å²) in [6, 6.07) is 1.38. The lowest BCUT2D eigenvalue weighted by atomic mass is 9.96. The Morgan fingerprint density at radius 2 is 1.89 bits per heavy atom. The van der Waals surface area contributed by atoms with Gasteiger partial charge in [-0.2, -0.15) is 0 Å². The van der Waals surface area contributed by atoms with Crippen molar-refractivity contribution in [3.8, 4) is 0 Å². The third kappa shape index (κ3) is 5.80. The Balaban J connectivity index is 2.60. The number of piperidine rings is 1. The number of likely N-dealkylation sites (N-methyl/N-ethyl adjacent to an activating group) is 1. The standard InChI is InChI=1S/C16H35N3/c1-13(2)15(11-17-16(3,4)5)19-10-8-9-14(12-19)18(6)7/h13-15,17H,8-12H2,1-7H3. The van der Waals surface area contributed by atoms with Crippen LogP contribution in [0.5, 0.6) is 0 Å². The van der Waals surface area contributed by atoms with Crippen LogP contribution in [0, 0.1) is 5.92 Å². The Hall–Kier alpha value is -0.120. The zero-order valence-electron chi connectivity index (χ0n) is 14.2. The number of likely N-dealkylation sites (tertiary alicyclic amines) is 1. The number of hydrogen-bond donors (Lipinski definition) is 1. The Morgan fingerprint density at radius 1 is 1.26 bits per heavy atom. The van der Waals surface area contributed by atoms with Crippen LogP contribution in [0.2, 0.25) is 0 Å². The molecule has 0 aliphatic carbocycles. The average molecular weight is 269 g/mol. The van der Waals surface area contributed by atoms with Crippen molar-refractivity contribution in [1.29, 1.82) is 0 Å². The molecule has 0 aromatic carbocycles. The van der Waals surface area contributed by atoms with Gasteiger partial charge in [-0.25, -0.2) is 0 Å². The Bertz CT molecular complexity index is 255. The van der Waals surface area contributed by atoms with Gasteiger partial charge < -0.3 is 10.2 Å². The maximum absolute atomic E-state index is 3.69. The van der Waals surface area contributed by atoms with E-state index in [1.54, 1.807) is 0 Å². The summed E-state index contributed by atoms with van der Waals surface area (Å²) in [6.07, 6.45) is 2.68. The summed E-state index contributed by atoms with van der Waals surface area (Å²) in [5, 5.41) is 3.69. The van der Waals surface area contributed by atoms with Crippen molar-refractivity contribution < 1.29 is 0 Å². The molecule has 1 saturated heterocycles. The lowest BCUT2D eigenvalue weighted by Gasteiger charge is -2.43. The predicted octanol–water partition coefficient (Wildman–Crippen LogP) is 2.43. The molecular formula is C16H35N3. The molecule has 19 heavy (non-hydrogen) atoms. The third-order valence-electron chi connectivity index (χ3n) is 4.24. The number of hydrogen-bond acceptors (Lipinski definition) is 3. The van der Waals surface area contributed by atoms with Crippen molar-refractivity contribution >= 4 is 0 Å². The maximum atomic E-state index is 3.69. The van der Waals surface area contributed by atoms with Crippen molar-refractivity contribution in [2.24, 2.45) is 5.92 Å². The van der Waals surface area contributed by atoms with Crippen LogP contribution in [0.3, 0.4) is 0 Å². The molecule has 1 N–H and O–H groups in total. The van der Waals surface area contributed by atoms with Crippen LogP contribution in [0.4, 0.5) is 0 Å². The van der Waals surface area contributed by atoms with Crippen molar-refractivity contribution in [2.45, 2.75) is 65.1 Å². The monoisotopic (exact) mass is 269 g/mol. The molecule has 3 nitrogen and oxygen atoms in total. The van der Waals surface area contributed by atoms with E-state index in [0.29, 0.717) is 12.0 Å². The van der Waals surface area contributed by atoms with Gasteiger partial charge in [-0.05, 0) is 60.2 Å². The minimum atomic E-state index is 0.212. The van der Waals surface area contributed by atoms with Crippen molar-refractivity contribution in [3.63, 3.8) is 0 Å². The molecule has 2 unspecified atom stereocenters. The van der Waals surface area contributed by atoms with E-state index in [9.17, 15) is 0 Å². The fourth-order valence-electron chi connectivity index (χ4n) is 2.90. The fraction of sp³-hybridized carbons (Fsp3) is 1.00. The molecule has 0 bridgehead atoms. The van der Waals surface area contributed by atoms with Gasteiger partial charge in [0.2, 0.25) is 0 Å². The van der Waals surface area contributed by atoms with E-state index in [-0.39, 0.29) is 5.54 Å². The largest absolute Gasteiger partial charge is 0.311 e. The molecule has 0 aromatic rings. The molecule has 0 amide bonds. The summed E-state index contributed by atoms with van der Waals surface area (Å²) < 4.78 is 0. The summed E-state index contributed by atoms with van der Waals surface area (Å²) in [4.78, 5) is 5.10. The van der Waals surface area contributed by atoms with Gasteiger partial charge in [-0.15, -0.1) is 0 Å². The van der Waals surface area contributed by atoms with Gasteiger partial charge in [0.05, 0.1) is 0 Å². The van der Waals surface area contributed by atoms with Gasteiger partial charge in [-0.1, -0.05) is 13.8 Å². The highest BCUT2D eigenvalue weighted by atomic mass is 15.2. The first kappa shape index (κ1) is 16.9. The van der Waals surface area contributed by atoms with Gasteiger partial charge in [0.25, 0.3) is 0 Å². The van der Waals surface area contributed by atoms with Crippen LogP contribution < -0.4 is 5.32 Å². The first-order valence-corrected chi connectivity index (χ1v) is 7.86. The molecule has 0 aromatic heterocycles. The smallest absolute Gasteiger partial charge is 0.0244 e. The summed E-state index contributed by atoms with van der Waals surface area (Å²) in [6.45, 7) is 15.1. The highest BCUT2D eigenvalue weighted by molar-refractivity contribution is 4.86. The molecular weight excluding hydrogens is 234 g/mol. The van der Waals surface area contributed by atoms with E-state index < -0.39 is 0 Å². The van der Waals surface area contributed by atoms with E-state index in [2.05, 4.69) is 63.8 Å². The van der Waals surface area contributed by atoms with Gasteiger partial charge >= 0.3 is 0 Å². The third-order valence-corrected chi connectivity index (χ3v) is 4.24. The van der Waals surface area contributed by atoms with Crippen LogP contribution >= 0.6 is 0 Å². The fourth-order valence-corrected chi connectivity index (χ4v) is 2.90. The van der Waals surface area contributed by atoms with E-state index >= 15 is 0 Å². The number of nitrogens with one attached hydrogen (secondary N) is 1. The SMILES string of the molecule is CC(C)C(CNC(C)(C)C)N1CCCC(N(C)C)C1. The topological polar surface area (TPSA) is 18.5 Å². The summed E-state index contributed by atoms with van der Waals surface area (Å²) in [7, 11) is 4.43. The average Bonchev–Trinajstić information content (AvgIpc) is 2.27. The second-order valence-electron chi connectivity index (χ2n) is 7.70. The molecule has 3 heteroatoms. The highest BCUT2D eigenvalue weighted by Gasteiger charge is 2.29. The Kier molecular flexibility index (Phi) is 6.28. The summed E-state index contributed by atoms with van der Waals surface area (Å²) in [5.74, 6) is 0.704. The molecule has 2 atom stereocenters. The van der Waals surface area contributed by atoms with Crippen LogP contribution in [-0.2, 0) is 0 Å². The summed E-state index contributed by atoms with van der Waals surface area (Å²) in [5.41, 5.74) is 0.212. The van der Waals surface area contributed by atoms with Crippen LogP contribution in [0.15, 0.2) is 0 Å². The normalized spacial score (nSPS) is 24.2. The number of nitrogens with zero attached hydrogens (tertiary/aromatic N) is 2. The molecule has 1 rings (SSSR count). The second kappa shape index (κ2) is 7.05. The molecule has 0 spiro atoms. The molecule has 114 valence electrons. The number of rotatable bonds is 5. The Morgan fingerprint density at radius 3 is 2.37 bits per heavy atom. The zero-order valence-corrected chi connectivity index (χ0v) is 14.2. The van der Waals surface area contributed by atoms with Crippen molar-refractivity contribution in [1.82, 2.24) is 15.1 Å². The van der Waals surface area contributed by atoms with Crippen molar-refractivity contribution in [2.75, 3.05) is 33.7 Å². The quantitative estimate of drug-likeness (QED) is 0.827. The lowest BCUT2D eigenvalue weighted by molar-refractivity contribution is 0.0721. The lowest BCUT2D eigenvalue weighted by Crippen LogP contribution is -2.55. The van der Waals surface area contributed by atoms with Gasteiger partial charge in [0, 0.05) is 30.7 Å². The molecule has 1 aliphatic heterocycles. The van der Waals surface area contributed by atoms with E-state index in [0.717, 1.165) is 12.6 Å². The molecule has 1 aliphatic rings. The van der Waals surface area contributed by atoms with E-state index in [1.165, 1.54) is 25.9 Å². The minimum Gasteiger partial charge on any atom is -0.311 e. The van der Waals surface area contributed by atoms with Gasteiger partial charge in [0.15, 0.2) is 0 Å². The predicted molar refractivity (Wildman–Crippen MR) is 84.7 cm³/mol. The van der Waals surface area contributed by atoms with Gasteiger partial charge in [0.1, 0.15) is 0 Å². The van der Waals surface area contributed by atoms with E-state index in [4.69, 9.17) is 0 Å². The second-order valence-corrected chi connectivity index (χ2v) is 7.70. The molecule has 0 saturated carbocycles. The van der Waals surface area contributed by atoms with Gasteiger partial charge in [-0.3, -0.25) is 4.90 Å². The van der Waals surface area contributed by atoms with Crippen molar-refractivity contribution in [3.05, 3.63) is 0 Å². The first-order chi connectivity index (χ1) is 8.70. The Labute approximate surface area is 120 Å². The zero-order chi connectivity index (χ0) is 14.6. The molecule has 0 radical (unpaired) electrons. The van der Waals surface area contributed by atoms with Crippen LogP contribution in [-0.4, -0.2) is 61.2 Å². The van der Waals surface area contributed by atoms with E-state index in [1.807, 2.05) is 0 Å². The minimum absolute atomic E-state index is 0.212. The van der Waals surface area contributed by atoms with Crippen LogP contribution in [0.25, 0.3) is 0 Å². The summed E-state index contributed by atoms with van der Waals surface area (Å²) >= 11 is 0. The molecule has 1 fully saturated rings.